The highest BCUT2D eigenvalue weighted by Crippen LogP contribution is 2.27. The number of nitrogens with zero attached hydrogens (tertiary/aromatic N) is 3. The molecule has 1 aliphatic rings. The lowest BCUT2D eigenvalue weighted by atomic mass is 9.82. The Bertz CT molecular complexity index is 1040. The van der Waals surface area contributed by atoms with Gasteiger partial charge in [-0.3, -0.25) is 4.79 Å². The van der Waals surface area contributed by atoms with Gasteiger partial charge >= 0.3 is 0 Å². The van der Waals surface area contributed by atoms with Crippen LogP contribution in [0.25, 0.3) is 22.2 Å². The third kappa shape index (κ3) is 5.12. The van der Waals surface area contributed by atoms with Crippen LogP contribution < -0.4 is 5.32 Å². The van der Waals surface area contributed by atoms with E-state index in [0.29, 0.717) is 30.3 Å². The predicted octanol–water partition coefficient (Wildman–Crippen LogP) is 4.16. The molecule has 4 rings (SSSR count). The number of hydrogen-bond acceptors (Lipinski definition) is 6. The highest BCUT2D eigenvalue weighted by atomic mass is 19.1. The van der Waals surface area contributed by atoms with E-state index in [1.165, 1.54) is 0 Å². The molecule has 3 aromatic rings. The van der Waals surface area contributed by atoms with Crippen molar-refractivity contribution in [2.45, 2.75) is 51.1 Å². The summed E-state index contributed by atoms with van der Waals surface area (Å²) in [5.41, 5.74) is 1.62. The minimum atomic E-state index is -0.742. The summed E-state index contributed by atoms with van der Waals surface area (Å²) >= 11 is 0. The molecule has 1 N–H and O–H groups in total. The van der Waals surface area contributed by atoms with Crippen LogP contribution in [0.4, 0.5) is 8.78 Å². The van der Waals surface area contributed by atoms with Gasteiger partial charge in [0.05, 0.1) is 24.2 Å². The molecule has 2 aromatic heterocycles. The Morgan fingerprint density at radius 1 is 1.16 bits per heavy atom. The molecule has 1 fully saturated rings. The molecule has 0 saturated heterocycles. The molecule has 0 aliphatic heterocycles. The smallest absolute Gasteiger partial charge is 0.191 e. The number of benzene rings is 1. The Labute approximate surface area is 179 Å². The number of Topliss-reactive ketones (excluding diaryl/α,β-unsaturated/α-hetero) is 1. The number of hydrogen-bond donors (Lipinski definition) is 1. The molecular weight excluding hydrogens is 402 g/mol. The number of carbonyl (C=O) groups excluding carboxylic acids is 1. The van der Waals surface area contributed by atoms with Crippen molar-refractivity contribution in [3.63, 3.8) is 0 Å². The van der Waals surface area contributed by atoms with E-state index in [-0.39, 0.29) is 24.2 Å². The minimum absolute atomic E-state index is 0.0601. The number of rotatable bonds is 8. The average molecular weight is 428 g/mol. The van der Waals surface area contributed by atoms with Crippen LogP contribution in [0.2, 0.25) is 0 Å². The number of oxazole rings is 1. The molecule has 0 unspecified atom stereocenters. The van der Waals surface area contributed by atoms with Crippen molar-refractivity contribution >= 4 is 16.7 Å². The van der Waals surface area contributed by atoms with E-state index in [1.807, 2.05) is 18.2 Å². The van der Waals surface area contributed by atoms with E-state index >= 15 is 0 Å². The van der Waals surface area contributed by atoms with Crippen LogP contribution in [0.5, 0.6) is 0 Å². The number of alkyl halides is 2. The Morgan fingerprint density at radius 3 is 2.61 bits per heavy atom. The first-order valence-electron chi connectivity index (χ1n) is 10.6. The van der Waals surface area contributed by atoms with Gasteiger partial charge in [-0.05, 0) is 31.7 Å². The number of carbonyl (C=O) groups is 1. The normalized spacial score (nSPS) is 19.2. The SMILES string of the molecule is Cc1ncc(-c2ccc3cnc(CC(=O)C4CCC(NC(CF)CF)CC4)nc3c2)o1. The van der Waals surface area contributed by atoms with Gasteiger partial charge in [0.1, 0.15) is 25.0 Å². The van der Waals surface area contributed by atoms with Crippen LogP contribution >= 0.6 is 0 Å². The topological polar surface area (TPSA) is 80.9 Å². The van der Waals surface area contributed by atoms with Crippen molar-refractivity contribution in [3.05, 3.63) is 42.3 Å². The number of fused-ring (bicyclic) bond motifs is 1. The molecule has 1 aromatic carbocycles. The van der Waals surface area contributed by atoms with Gasteiger partial charge in [0.2, 0.25) is 0 Å². The zero-order valence-corrected chi connectivity index (χ0v) is 17.5. The van der Waals surface area contributed by atoms with Crippen molar-refractivity contribution in [2.24, 2.45) is 5.92 Å². The van der Waals surface area contributed by atoms with Gasteiger partial charge in [-0.15, -0.1) is 0 Å². The first-order chi connectivity index (χ1) is 15.1. The first kappa shape index (κ1) is 21.5. The second-order valence-electron chi connectivity index (χ2n) is 8.17. The third-order valence-electron chi connectivity index (χ3n) is 5.90. The summed E-state index contributed by atoms with van der Waals surface area (Å²) in [4.78, 5) is 25.9. The largest absolute Gasteiger partial charge is 0.441 e. The monoisotopic (exact) mass is 428 g/mol. The van der Waals surface area contributed by atoms with Crippen LogP contribution in [-0.2, 0) is 11.2 Å². The van der Waals surface area contributed by atoms with Crippen molar-refractivity contribution in [3.8, 4) is 11.3 Å². The van der Waals surface area contributed by atoms with Crippen LogP contribution in [0.15, 0.2) is 35.0 Å². The summed E-state index contributed by atoms with van der Waals surface area (Å²) < 4.78 is 31.0. The number of nitrogens with one attached hydrogen (secondary N) is 1. The summed E-state index contributed by atoms with van der Waals surface area (Å²) in [5, 5.41) is 3.89. The van der Waals surface area contributed by atoms with Gasteiger partial charge in [0, 0.05) is 36.0 Å². The quantitative estimate of drug-likeness (QED) is 0.580. The van der Waals surface area contributed by atoms with Crippen molar-refractivity contribution in [1.29, 1.82) is 0 Å². The van der Waals surface area contributed by atoms with Crippen molar-refractivity contribution in [1.82, 2.24) is 20.3 Å². The standard InChI is InChI=1S/C23H26F2N4O2/c1-14-26-13-22(31-14)16-2-3-17-12-27-23(29-20(17)8-16)9-21(30)15-4-6-18(7-5-15)28-19(10-24)11-25/h2-3,8,12-13,15,18-19,28H,4-7,9-11H2,1H3. The van der Waals surface area contributed by atoms with E-state index in [0.717, 1.165) is 29.3 Å². The van der Waals surface area contributed by atoms with E-state index < -0.39 is 19.4 Å². The number of ketones is 1. The second kappa shape index (κ2) is 9.60. The Balaban J connectivity index is 1.39. The highest BCUT2D eigenvalue weighted by molar-refractivity contribution is 5.85. The zero-order chi connectivity index (χ0) is 21.8. The van der Waals surface area contributed by atoms with E-state index in [9.17, 15) is 13.6 Å². The molecule has 1 aliphatic carbocycles. The van der Waals surface area contributed by atoms with Gasteiger partial charge in [-0.2, -0.15) is 0 Å². The van der Waals surface area contributed by atoms with Crippen molar-refractivity contribution < 1.29 is 18.0 Å². The second-order valence-corrected chi connectivity index (χ2v) is 8.17. The van der Waals surface area contributed by atoms with E-state index in [4.69, 9.17) is 4.42 Å². The zero-order valence-electron chi connectivity index (χ0n) is 17.5. The molecule has 0 amide bonds. The predicted molar refractivity (Wildman–Crippen MR) is 113 cm³/mol. The fourth-order valence-corrected chi connectivity index (χ4v) is 4.14. The highest BCUT2D eigenvalue weighted by Gasteiger charge is 2.28. The fraction of sp³-hybridized carbons (Fsp3) is 0.478. The van der Waals surface area contributed by atoms with Crippen LogP contribution in [0, 0.1) is 12.8 Å². The molecule has 0 spiro atoms. The molecule has 0 atom stereocenters. The summed E-state index contributed by atoms with van der Waals surface area (Å²) in [6, 6.07) is 5.09. The summed E-state index contributed by atoms with van der Waals surface area (Å²) in [6.45, 7) is 0.360. The third-order valence-corrected chi connectivity index (χ3v) is 5.90. The molecule has 164 valence electrons. The van der Waals surface area contributed by atoms with Crippen LogP contribution in [0.3, 0.4) is 0 Å². The van der Waals surface area contributed by atoms with Gasteiger partial charge in [-0.1, -0.05) is 12.1 Å². The summed E-state index contributed by atoms with van der Waals surface area (Å²) in [7, 11) is 0. The minimum Gasteiger partial charge on any atom is -0.441 e. The molecule has 6 nitrogen and oxygen atoms in total. The Kier molecular flexibility index (Phi) is 6.65. The number of halogens is 2. The number of aromatic nitrogens is 3. The molecule has 1 saturated carbocycles. The van der Waals surface area contributed by atoms with Gasteiger partial charge in [0.25, 0.3) is 0 Å². The maximum absolute atomic E-state index is 12.8. The van der Waals surface area contributed by atoms with E-state index in [1.54, 1.807) is 19.3 Å². The average Bonchev–Trinajstić information content (AvgIpc) is 3.23. The lowest BCUT2D eigenvalue weighted by molar-refractivity contribution is -0.123. The molecule has 31 heavy (non-hydrogen) atoms. The molecule has 8 heteroatoms. The Morgan fingerprint density at radius 2 is 1.94 bits per heavy atom. The maximum Gasteiger partial charge on any atom is 0.191 e. The Hall–Kier alpha value is -2.74. The van der Waals surface area contributed by atoms with Crippen molar-refractivity contribution in [2.75, 3.05) is 13.3 Å². The van der Waals surface area contributed by atoms with Crippen LogP contribution in [-0.4, -0.2) is 46.2 Å². The maximum atomic E-state index is 12.8. The molecule has 0 bridgehead atoms. The summed E-state index contributed by atoms with van der Waals surface area (Å²) in [6.07, 6.45) is 6.50. The first-order valence-corrected chi connectivity index (χ1v) is 10.6. The molecule has 2 heterocycles. The van der Waals surface area contributed by atoms with E-state index in [2.05, 4.69) is 20.3 Å². The fourth-order valence-electron chi connectivity index (χ4n) is 4.14. The lowest BCUT2D eigenvalue weighted by Gasteiger charge is -2.30. The summed E-state index contributed by atoms with van der Waals surface area (Å²) in [5.74, 6) is 1.82. The van der Waals surface area contributed by atoms with Gasteiger partial charge in [-0.25, -0.2) is 23.7 Å². The molecule has 0 radical (unpaired) electrons. The number of aryl methyl sites for hydroxylation is 1. The van der Waals surface area contributed by atoms with Crippen LogP contribution in [0.1, 0.15) is 37.4 Å². The van der Waals surface area contributed by atoms with Gasteiger partial charge < -0.3 is 9.73 Å². The molecular formula is C23H26F2N4O2. The van der Waals surface area contributed by atoms with Gasteiger partial charge in [0.15, 0.2) is 11.7 Å². The lowest BCUT2D eigenvalue weighted by Crippen LogP contribution is -2.43.